The van der Waals surface area contributed by atoms with Crippen LogP contribution in [0.25, 0.3) is 0 Å². The minimum atomic E-state index is -5.08. The maximum absolute atomic E-state index is 12.9. The smallest absolute Gasteiger partial charge is 0.478 e. The van der Waals surface area contributed by atoms with Crippen molar-refractivity contribution in [3.63, 3.8) is 0 Å². The van der Waals surface area contributed by atoms with Crippen molar-refractivity contribution in [3.05, 3.63) is 47.2 Å². The number of hydrogen-bond donors (Lipinski definition) is 3. The van der Waals surface area contributed by atoms with Gasteiger partial charge in [0.05, 0.1) is 16.8 Å². The first-order valence-electron chi connectivity index (χ1n) is 12.8. The number of rotatable bonds is 6. The average Bonchev–Trinajstić information content (AvgIpc) is 2.88. The number of sulfonamides is 1. The summed E-state index contributed by atoms with van der Waals surface area (Å²) in [7, 11) is -3.86. The standard InChI is InChI=1S/C24H32N4O4S.C2HF3O2/c1-17-6-7-22(18(2)14-17)33(31,32)26-19-15-21(24(29)30)23(25-16-19)28-12-8-20(9-13-28)27-10-4-3-5-11-27;3-2(4,5)1(6)7/h6-7,14-16,20,26H,3-5,8-13H2,1-2H3,(H,29,30);(H,6,7). The second kappa shape index (κ2) is 12.9. The summed E-state index contributed by atoms with van der Waals surface area (Å²) in [6, 6.07) is 6.99. The number of piperidine rings is 2. The number of nitrogens with one attached hydrogen (secondary N) is 1. The molecule has 40 heavy (non-hydrogen) atoms. The molecular formula is C26H33F3N4O6S. The van der Waals surface area contributed by atoms with Crippen LogP contribution in [0.1, 0.15) is 53.6 Å². The third-order valence-corrected chi connectivity index (χ3v) is 8.42. The number of aliphatic carboxylic acids is 1. The van der Waals surface area contributed by atoms with Crippen LogP contribution in [0.3, 0.4) is 0 Å². The molecule has 3 N–H and O–H groups in total. The van der Waals surface area contributed by atoms with Crippen molar-refractivity contribution in [1.29, 1.82) is 0 Å². The summed E-state index contributed by atoms with van der Waals surface area (Å²) in [5.74, 6) is -3.48. The fraction of sp³-hybridized carbons (Fsp3) is 0.500. The van der Waals surface area contributed by atoms with Crippen LogP contribution in [-0.4, -0.2) is 78.9 Å². The number of aromatic carboxylic acids is 1. The van der Waals surface area contributed by atoms with Gasteiger partial charge in [0.2, 0.25) is 0 Å². The van der Waals surface area contributed by atoms with Gasteiger partial charge in [-0.2, -0.15) is 13.2 Å². The largest absolute Gasteiger partial charge is 0.490 e. The lowest BCUT2D eigenvalue weighted by Crippen LogP contribution is -2.47. The zero-order chi connectivity index (χ0) is 29.7. The highest BCUT2D eigenvalue weighted by molar-refractivity contribution is 7.92. The van der Waals surface area contributed by atoms with Crippen molar-refractivity contribution in [2.45, 2.75) is 63.1 Å². The quantitative estimate of drug-likeness (QED) is 0.452. The number of likely N-dealkylation sites (tertiary alicyclic amines) is 1. The van der Waals surface area contributed by atoms with Crippen LogP contribution >= 0.6 is 0 Å². The molecular weight excluding hydrogens is 553 g/mol. The van der Waals surface area contributed by atoms with E-state index in [9.17, 15) is 31.5 Å². The second-order valence-corrected chi connectivity index (χ2v) is 11.5. The van der Waals surface area contributed by atoms with Crippen molar-refractivity contribution >= 4 is 33.5 Å². The monoisotopic (exact) mass is 586 g/mol. The number of carbonyl (C=O) groups is 2. The Morgan fingerprint density at radius 3 is 2.12 bits per heavy atom. The number of nitrogens with zero attached hydrogens (tertiary/aromatic N) is 3. The average molecular weight is 587 g/mol. The molecule has 2 saturated heterocycles. The van der Waals surface area contributed by atoms with Gasteiger partial charge in [-0.25, -0.2) is 23.0 Å². The molecule has 0 unspecified atom stereocenters. The van der Waals surface area contributed by atoms with Crippen LogP contribution in [0.15, 0.2) is 35.4 Å². The Bertz CT molecular complexity index is 1320. The zero-order valence-corrected chi connectivity index (χ0v) is 23.1. The van der Waals surface area contributed by atoms with E-state index < -0.39 is 28.1 Å². The normalized spacial score (nSPS) is 17.1. The molecule has 0 spiro atoms. The Kier molecular flexibility index (Phi) is 10.0. The first kappa shape index (κ1) is 31.1. The van der Waals surface area contributed by atoms with Crippen LogP contribution in [0.5, 0.6) is 0 Å². The van der Waals surface area contributed by atoms with Gasteiger partial charge >= 0.3 is 18.1 Å². The predicted molar refractivity (Wildman–Crippen MR) is 142 cm³/mol. The molecule has 0 aliphatic carbocycles. The second-order valence-electron chi connectivity index (χ2n) is 9.89. The Morgan fingerprint density at radius 2 is 1.60 bits per heavy atom. The summed E-state index contributed by atoms with van der Waals surface area (Å²) in [5, 5.41) is 16.9. The van der Waals surface area contributed by atoms with E-state index in [0.717, 1.165) is 44.6 Å². The molecule has 2 aromatic rings. The molecule has 14 heteroatoms. The van der Waals surface area contributed by atoms with Gasteiger partial charge in [-0.05, 0) is 70.3 Å². The number of pyridine rings is 1. The van der Waals surface area contributed by atoms with E-state index in [1.165, 1.54) is 31.5 Å². The number of hydrogen-bond acceptors (Lipinski definition) is 7. The maximum atomic E-state index is 12.9. The number of alkyl halides is 3. The molecule has 0 atom stereocenters. The minimum Gasteiger partial charge on any atom is -0.478 e. The summed E-state index contributed by atoms with van der Waals surface area (Å²) in [6.45, 7) is 7.41. The first-order valence-corrected chi connectivity index (χ1v) is 14.3. The van der Waals surface area contributed by atoms with E-state index in [2.05, 4.69) is 14.6 Å². The minimum absolute atomic E-state index is 0.00671. The predicted octanol–water partition coefficient (Wildman–Crippen LogP) is 4.29. The molecule has 0 radical (unpaired) electrons. The van der Waals surface area contributed by atoms with Crippen molar-refractivity contribution in [2.75, 3.05) is 35.8 Å². The van der Waals surface area contributed by atoms with Gasteiger partial charge in [0.25, 0.3) is 10.0 Å². The van der Waals surface area contributed by atoms with E-state index in [-0.39, 0.29) is 16.1 Å². The van der Waals surface area contributed by atoms with Crippen molar-refractivity contribution < 1.29 is 41.4 Å². The molecule has 1 aromatic heterocycles. The highest BCUT2D eigenvalue weighted by atomic mass is 32.2. The van der Waals surface area contributed by atoms with Gasteiger partial charge < -0.3 is 20.0 Å². The Hall–Kier alpha value is -3.39. The van der Waals surface area contributed by atoms with E-state index >= 15 is 0 Å². The third kappa shape index (κ3) is 8.07. The molecule has 4 rings (SSSR count). The van der Waals surface area contributed by atoms with E-state index in [1.807, 2.05) is 11.8 Å². The molecule has 2 fully saturated rings. The third-order valence-electron chi connectivity index (χ3n) is 6.88. The SMILES string of the molecule is Cc1ccc(S(=O)(=O)Nc2cnc(N3CCC(N4CCCCC4)CC3)c(C(=O)O)c2)c(C)c1.O=C(O)C(F)(F)F. The van der Waals surface area contributed by atoms with Gasteiger partial charge in [-0.3, -0.25) is 4.72 Å². The van der Waals surface area contributed by atoms with Gasteiger partial charge in [0, 0.05) is 19.1 Å². The van der Waals surface area contributed by atoms with Crippen LogP contribution in [0.2, 0.25) is 0 Å². The summed E-state index contributed by atoms with van der Waals surface area (Å²) in [5.41, 5.74) is 1.74. The molecule has 2 aliphatic rings. The highest BCUT2D eigenvalue weighted by Gasteiger charge is 2.38. The molecule has 220 valence electrons. The number of aryl methyl sites for hydroxylation is 2. The fourth-order valence-electron chi connectivity index (χ4n) is 4.96. The van der Waals surface area contributed by atoms with Crippen molar-refractivity contribution in [2.24, 2.45) is 0 Å². The molecule has 0 bridgehead atoms. The van der Waals surface area contributed by atoms with Gasteiger partial charge in [0.1, 0.15) is 11.4 Å². The lowest BCUT2D eigenvalue weighted by atomic mass is 9.99. The number of halogens is 3. The molecule has 10 nitrogen and oxygen atoms in total. The maximum Gasteiger partial charge on any atom is 0.490 e. The van der Waals surface area contributed by atoms with Crippen molar-refractivity contribution in [3.8, 4) is 0 Å². The lowest BCUT2D eigenvalue weighted by Gasteiger charge is -2.40. The lowest BCUT2D eigenvalue weighted by molar-refractivity contribution is -0.192. The van der Waals surface area contributed by atoms with Gasteiger partial charge in [-0.15, -0.1) is 0 Å². The Balaban J connectivity index is 0.000000559. The summed E-state index contributed by atoms with van der Waals surface area (Å²) >= 11 is 0. The van der Waals surface area contributed by atoms with E-state index in [1.54, 1.807) is 25.1 Å². The molecule has 2 aliphatic heterocycles. The number of aromatic nitrogens is 1. The molecule has 1 aromatic carbocycles. The van der Waals surface area contributed by atoms with Gasteiger partial charge in [0.15, 0.2) is 0 Å². The van der Waals surface area contributed by atoms with E-state index in [0.29, 0.717) is 17.4 Å². The Labute approximate surface area is 230 Å². The Morgan fingerprint density at radius 1 is 1.00 bits per heavy atom. The topological polar surface area (TPSA) is 140 Å². The number of carboxylic acid groups (broad SMARTS) is 2. The molecule has 0 amide bonds. The van der Waals surface area contributed by atoms with Crippen LogP contribution in [0.4, 0.5) is 24.7 Å². The van der Waals surface area contributed by atoms with E-state index in [4.69, 9.17) is 9.90 Å². The summed E-state index contributed by atoms with van der Waals surface area (Å²) in [6.07, 6.45) is 2.08. The molecule has 3 heterocycles. The van der Waals surface area contributed by atoms with Crippen LogP contribution in [0, 0.1) is 13.8 Å². The number of anilines is 2. The fourth-order valence-corrected chi connectivity index (χ4v) is 6.22. The molecule has 0 saturated carbocycles. The van der Waals surface area contributed by atoms with Crippen LogP contribution in [-0.2, 0) is 14.8 Å². The van der Waals surface area contributed by atoms with Crippen molar-refractivity contribution in [1.82, 2.24) is 9.88 Å². The highest BCUT2D eigenvalue weighted by Crippen LogP contribution is 2.28. The summed E-state index contributed by atoms with van der Waals surface area (Å²) < 4.78 is 60.0. The first-order chi connectivity index (χ1) is 18.7. The summed E-state index contributed by atoms with van der Waals surface area (Å²) in [4.78, 5) is 30.0. The van der Waals surface area contributed by atoms with Crippen LogP contribution < -0.4 is 9.62 Å². The number of carboxylic acids is 2. The number of benzene rings is 1. The zero-order valence-electron chi connectivity index (χ0n) is 22.2. The van der Waals surface area contributed by atoms with Gasteiger partial charge in [-0.1, -0.05) is 24.1 Å².